The first-order chi connectivity index (χ1) is 11.9. The maximum Gasteiger partial charge on any atom is 0.243 e. The van der Waals surface area contributed by atoms with Crippen molar-refractivity contribution in [2.24, 2.45) is 0 Å². The minimum Gasteiger partial charge on any atom is -0.207 e. The van der Waals surface area contributed by atoms with Crippen LogP contribution in [0.1, 0.15) is 56.6 Å². The van der Waals surface area contributed by atoms with Gasteiger partial charge in [-0.15, -0.1) is 0 Å². The molecule has 0 aliphatic carbocycles. The maximum atomic E-state index is 13.2. The van der Waals surface area contributed by atoms with Crippen LogP contribution in [-0.4, -0.2) is 25.3 Å². The lowest BCUT2D eigenvalue weighted by Crippen LogP contribution is -2.38. The number of hydrogen-bond acceptors (Lipinski definition) is 2. The minimum absolute atomic E-state index is 0.0252. The van der Waals surface area contributed by atoms with Crippen molar-refractivity contribution in [3.63, 3.8) is 0 Å². The molecule has 0 bridgehead atoms. The summed E-state index contributed by atoms with van der Waals surface area (Å²) in [6, 6.07) is 17.6. The van der Waals surface area contributed by atoms with Crippen LogP contribution < -0.4 is 0 Å². The first-order valence-corrected chi connectivity index (χ1v) is 10.5. The van der Waals surface area contributed by atoms with Crippen molar-refractivity contribution in [3.05, 3.63) is 65.7 Å². The zero-order valence-corrected chi connectivity index (χ0v) is 16.0. The zero-order chi connectivity index (χ0) is 18.0. The fourth-order valence-electron chi connectivity index (χ4n) is 3.70. The van der Waals surface area contributed by atoms with Gasteiger partial charge in [-0.2, -0.15) is 4.31 Å². The fraction of sp³-hybridized carbons (Fsp3) is 0.429. The Morgan fingerprint density at radius 2 is 1.56 bits per heavy atom. The summed E-state index contributed by atoms with van der Waals surface area (Å²) in [5.74, 6) is 0.586. The quantitative estimate of drug-likeness (QED) is 0.773. The van der Waals surface area contributed by atoms with E-state index in [0.717, 1.165) is 18.4 Å². The predicted molar refractivity (Wildman–Crippen MR) is 102 cm³/mol. The van der Waals surface area contributed by atoms with Crippen molar-refractivity contribution in [2.75, 3.05) is 6.54 Å². The Bertz CT molecular complexity index is 798. The predicted octanol–water partition coefficient (Wildman–Crippen LogP) is 4.77. The van der Waals surface area contributed by atoms with E-state index in [2.05, 4.69) is 32.9 Å². The van der Waals surface area contributed by atoms with E-state index in [1.165, 1.54) is 5.56 Å². The molecule has 1 heterocycles. The largest absolute Gasteiger partial charge is 0.243 e. The maximum absolute atomic E-state index is 13.2. The van der Waals surface area contributed by atoms with Crippen molar-refractivity contribution in [1.82, 2.24) is 4.31 Å². The topological polar surface area (TPSA) is 37.4 Å². The monoisotopic (exact) mass is 357 g/mol. The average Bonchev–Trinajstić information content (AvgIpc) is 3.12. The lowest BCUT2D eigenvalue weighted by molar-refractivity contribution is 0.350. The van der Waals surface area contributed by atoms with E-state index < -0.39 is 10.0 Å². The van der Waals surface area contributed by atoms with Crippen LogP contribution in [0.5, 0.6) is 0 Å². The number of rotatable bonds is 5. The van der Waals surface area contributed by atoms with E-state index in [9.17, 15) is 8.42 Å². The fourth-order valence-corrected chi connectivity index (χ4v) is 5.47. The molecule has 0 radical (unpaired) electrons. The molecule has 25 heavy (non-hydrogen) atoms. The van der Waals surface area contributed by atoms with E-state index in [0.29, 0.717) is 17.4 Å². The third-order valence-corrected chi connectivity index (χ3v) is 7.24. The molecule has 1 saturated heterocycles. The van der Waals surface area contributed by atoms with Gasteiger partial charge in [0.25, 0.3) is 0 Å². The van der Waals surface area contributed by atoms with Gasteiger partial charge in [0.2, 0.25) is 10.0 Å². The van der Waals surface area contributed by atoms with Gasteiger partial charge < -0.3 is 0 Å². The average molecular weight is 358 g/mol. The number of nitrogens with zero attached hydrogens (tertiary/aromatic N) is 1. The highest BCUT2D eigenvalue weighted by molar-refractivity contribution is 7.89. The van der Waals surface area contributed by atoms with E-state index in [1.54, 1.807) is 16.4 Å². The van der Waals surface area contributed by atoms with Gasteiger partial charge in [-0.05, 0) is 47.9 Å². The molecule has 134 valence electrons. The molecule has 3 rings (SSSR count). The van der Waals surface area contributed by atoms with Gasteiger partial charge in [0, 0.05) is 12.6 Å². The smallest absolute Gasteiger partial charge is 0.207 e. The molecule has 1 aliphatic rings. The molecule has 2 atom stereocenters. The Morgan fingerprint density at radius 3 is 2.16 bits per heavy atom. The molecule has 0 N–H and O–H groups in total. The van der Waals surface area contributed by atoms with Gasteiger partial charge in [0.1, 0.15) is 0 Å². The molecule has 2 aromatic rings. The molecule has 0 saturated carbocycles. The van der Waals surface area contributed by atoms with Gasteiger partial charge in [0.05, 0.1) is 4.90 Å². The molecule has 2 aromatic carbocycles. The number of benzene rings is 2. The second kappa shape index (κ2) is 7.30. The molecular weight excluding hydrogens is 330 g/mol. The normalized spacial score (nSPS) is 20.1. The number of sulfonamides is 1. The minimum atomic E-state index is -3.45. The summed E-state index contributed by atoms with van der Waals surface area (Å²) in [4.78, 5) is 0.407. The number of hydrogen-bond donors (Lipinski definition) is 0. The van der Waals surface area contributed by atoms with Gasteiger partial charge in [0.15, 0.2) is 0 Å². The molecule has 0 spiro atoms. The van der Waals surface area contributed by atoms with Crippen molar-refractivity contribution in [1.29, 1.82) is 0 Å². The molecule has 1 fully saturated rings. The Hall–Kier alpha value is -1.65. The zero-order valence-electron chi connectivity index (χ0n) is 15.2. The Labute approximate surface area is 151 Å². The van der Waals surface area contributed by atoms with Gasteiger partial charge in [-0.3, -0.25) is 0 Å². The van der Waals surface area contributed by atoms with Crippen molar-refractivity contribution in [3.8, 4) is 0 Å². The van der Waals surface area contributed by atoms with E-state index in [-0.39, 0.29) is 12.0 Å². The first-order valence-electron chi connectivity index (χ1n) is 9.08. The summed E-state index contributed by atoms with van der Waals surface area (Å²) in [6.07, 6.45) is 1.84. The van der Waals surface area contributed by atoms with Gasteiger partial charge in [-0.25, -0.2) is 8.42 Å². The van der Waals surface area contributed by atoms with Crippen LogP contribution in [0.15, 0.2) is 59.5 Å². The second-order valence-electron chi connectivity index (χ2n) is 7.25. The first kappa shape index (κ1) is 18.2. The summed E-state index contributed by atoms with van der Waals surface area (Å²) in [5, 5.41) is 0. The third-order valence-electron chi connectivity index (χ3n) is 5.30. The van der Waals surface area contributed by atoms with Crippen LogP contribution in [0.3, 0.4) is 0 Å². The summed E-state index contributed by atoms with van der Waals surface area (Å²) >= 11 is 0. The molecule has 4 heteroatoms. The van der Waals surface area contributed by atoms with Crippen molar-refractivity contribution < 1.29 is 8.42 Å². The van der Waals surface area contributed by atoms with E-state index in [1.807, 2.05) is 30.3 Å². The summed E-state index contributed by atoms with van der Waals surface area (Å²) in [7, 11) is -3.45. The van der Waals surface area contributed by atoms with Crippen LogP contribution in [0, 0.1) is 0 Å². The summed E-state index contributed by atoms with van der Waals surface area (Å²) in [6.45, 7) is 6.97. The Balaban J connectivity index is 1.88. The lowest BCUT2D eigenvalue weighted by atomic mass is 9.92. The van der Waals surface area contributed by atoms with Crippen LogP contribution in [-0.2, 0) is 10.0 Å². The molecule has 0 amide bonds. The van der Waals surface area contributed by atoms with Gasteiger partial charge >= 0.3 is 0 Å². The van der Waals surface area contributed by atoms with Crippen LogP contribution in [0.25, 0.3) is 0 Å². The Morgan fingerprint density at radius 1 is 0.920 bits per heavy atom. The molecule has 1 aliphatic heterocycles. The third kappa shape index (κ3) is 3.65. The Kier molecular flexibility index (Phi) is 5.30. The molecule has 3 nitrogen and oxygen atoms in total. The second-order valence-corrected chi connectivity index (χ2v) is 9.14. The summed E-state index contributed by atoms with van der Waals surface area (Å²) in [5.41, 5.74) is 2.36. The molecule has 0 aromatic heterocycles. The highest BCUT2D eigenvalue weighted by atomic mass is 32.2. The highest BCUT2D eigenvalue weighted by Crippen LogP contribution is 2.35. The van der Waals surface area contributed by atoms with Crippen LogP contribution in [0.2, 0.25) is 0 Å². The highest BCUT2D eigenvalue weighted by Gasteiger charge is 2.38. The van der Waals surface area contributed by atoms with Crippen LogP contribution in [0.4, 0.5) is 0 Å². The summed E-state index contributed by atoms with van der Waals surface area (Å²) < 4.78 is 28.1. The molecule has 2 unspecified atom stereocenters. The lowest BCUT2D eigenvalue weighted by Gasteiger charge is -2.29. The standard InChI is InChI=1S/C21H27NO2S/c1-16(2)18-11-13-20(14-12-18)25(23,24)22-15-7-10-21(22)17(3)19-8-5-4-6-9-19/h4-6,8-9,11-14,16-17,21H,7,10,15H2,1-3H3. The van der Waals surface area contributed by atoms with Gasteiger partial charge in [-0.1, -0.05) is 63.2 Å². The van der Waals surface area contributed by atoms with Crippen molar-refractivity contribution in [2.45, 2.75) is 56.4 Å². The molecular formula is C21H27NO2S. The van der Waals surface area contributed by atoms with Crippen molar-refractivity contribution >= 4 is 10.0 Å². The van der Waals surface area contributed by atoms with E-state index >= 15 is 0 Å². The SMILES string of the molecule is CC(C)c1ccc(S(=O)(=O)N2CCCC2C(C)c2ccccc2)cc1. The van der Waals surface area contributed by atoms with E-state index in [4.69, 9.17) is 0 Å². The van der Waals surface area contributed by atoms with Crippen LogP contribution >= 0.6 is 0 Å².